The van der Waals surface area contributed by atoms with Crippen molar-refractivity contribution in [2.24, 2.45) is 0 Å². The lowest BCUT2D eigenvalue weighted by Crippen LogP contribution is -2.50. The van der Waals surface area contributed by atoms with Gasteiger partial charge < -0.3 is 9.30 Å². The van der Waals surface area contributed by atoms with Crippen LogP contribution in [-0.2, 0) is 10.0 Å². The minimum atomic E-state index is -3.97. The zero-order valence-corrected chi connectivity index (χ0v) is 16.4. The lowest BCUT2D eigenvalue weighted by Gasteiger charge is -2.33. The van der Waals surface area contributed by atoms with Crippen LogP contribution in [0, 0.1) is 18.6 Å². The molecule has 1 amide bonds. The lowest BCUT2D eigenvalue weighted by atomic mass is 10.3. The highest BCUT2D eigenvalue weighted by atomic mass is 32.2. The first-order valence-electron chi connectivity index (χ1n) is 8.96. The molecule has 1 saturated heterocycles. The highest BCUT2D eigenvalue weighted by Crippen LogP contribution is 2.20. The molecule has 1 fully saturated rings. The number of carbonyl (C=O) groups excluding carboxylic acids is 1. The van der Waals surface area contributed by atoms with Crippen LogP contribution in [0.3, 0.4) is 0 Å². The van der Waals surface area contributed by atoms with Gasteiger partial charge in [-0.15, -0.1) is 0 Å². The number of hydrogen-bond acceptors (Lipinski definition) is 4. The standard InChI is InChI=1S/C19H18F2N4O3S/c1-13-3-2-4-18-22-17(12-25(13)18)19(26)23-7-9-24(10-8-23)29(27,28)14-5-6-15(20)16(21)11-14/h2-6,11-12H,7-10H2,1H3. The zero-order chi connectivity index (χ0) is 20.8. The molecule has 1 aliphatic heterocycles. The number of halogens is 2. The van der Waals surface area contributed by atoms with E-state index in [0.29, 0.717) is 11.7 Å². The Balaban J connectivity index is 1.49. The summed E-state index contributed by atoms with van der Waals surface area (Å²) in [6.07, 6.45) is 1.66. The van der Waals surface area contributed by atoms with Gasteiger partial charge >= 0.3 is 0 Å². The number of hydrogen-bond donors (Lipinski definition) is 0. The van der Waals surface area contributed by atoms with Gasteiger partial charge in [0.2, 0.25) is 10.0 Å². The van der Waals surface area contributed by atoms with Crippen molar-refractivity contribution in [1.82, 2.24) is 18.6 Å². The van der Waals surface area contributed by atoms with Crippen molar-refractivity contribution in [3.05, 3.63) is 65.6 Å². The molecule has 152 valence electrons. The van der Waals surface area contributed by atoms with Crippen molar-refractivity contribution in [3.63, 3.8) is 0 Å². The molecule has 0 aliphatic carbocycles. The smallest absolute Gasteiger partial charge is 0.274 e. The molecule has 4 rings (SSSR count). The number of carbonyl (C=O) groups is 1. The molecule has 0 bridgehead atoms. The minimum Gasteiger partial charge on any atom is -0.335 e. The van der Waals surface area contributed by atoms with Gasteiger partial charge in [0.05, 0.1) is 4.90 Å². The van der Waals surface area contributed by atoms with Gasteiger partial charge in [-0.1, -0.05) is 6.07 Å². The first-order chi connectivity index (χ1) is 13.8. The maximum absolute atomic E-state index is 13.4. The van der Waals surface area contributed by atoms with Crippen molar-refractivity contribution >= 4 is 21.6 Å². The summed E-state index contributed by atoms with van der Waals surface area (Å²) in [5.41, 5.74) is 1.89. The van der Waals surface area contributed by atoms with E-state index in [1.807, 2.05) is 23.5 Å². The second-order valence-corrected chi connectivity index (χ2v) is 8.73. The fourth-order valence-electron chi connectivity index (χ4n) is 3.33. The Kier molecular flexibility index (Phi) is 4.83. The molecule has 0 N–H and O–H groups in total. The Hall–Kier alpha value is -2.85. The number of rotatable bonds is 3. The van der Waals surface area contributed by atoms with Gasteiger partial charge in [-0.25, -0.2) is 22.2 Å². The molecule has 29 heavy (non-hydrogen) atoms. The topological polar surface area (TPSA) is 75.0 Å². The molecule has 1 aromatic carbocycles. The summed E-state index contributed by atoms with van der Waals surface area (Å²) in [7, 11) is -3.97. The largest absolute Gasteiger partial charge is 0.335 e. The van der Waals surface area contributed by atoms with E-state index in [-0.39, 0.29) is 42.7 Å². The fraction of sp³-hybridized carbons (Fsp3) is 0.263. The molecule has 0 atom stereocenters. The molecule has 3 aromatic rings. The van der Waals surface area contributed by atoms with Gasteiger partial charge in [0.25, 0.3) is 5.91 Å². The van der Waals surface area contributed by atoms with Crippen molar-refractivity contribution in [3.8, 4) is 0 Å². The van der Waals surface area contributed by atoms with E-state index in [0.717, 1.165) is 22.1 Å². The van der Waals surface area contributed by atoms with Gasteiger partial charge in [0.15, 0.2) is 11.6 Å². The number of nitrogens with zero attached hydrogens (tertiary/aromatic N) is 4. The zero-order valence-electron chi connectivity index (χ0n) is 15.5. The summed E-state index contributed by atoms with van der Waals surface area (Å²) in [5.74, 6) is -2.61. The van der Waals surface area contributed by atoms with Crippen LogP contribution in [0.15, 0.2) is 47.5 Å². The molecule has 0 radical (unpaired) electrons. The summed E-state index contributed by atoms with van der Waals surface area (Å²) < 4.78 is 54.8. The molecule has 2 aromatic heterocycles. The Labute approximate surface area is 166 Å². The summed E-state index contributed by atoms with van der Waals surface area (Å²) in [6, 6.07) is 8.05. The fourth-order valence-corrected chi connectivity index (χ4v) is 4.77. The van der Waals surface area contributed by atoms with E-state index in [4.69, 9.17) is 0 Å². The second kappa shape index (κ2) is 7.20. The van der Waals surface area contributed by atoms with Crippen molar-refractivity contribution in [1.29, 1.82) is 0 Å². The highest BCUT2D eigenvalue weighted by molar-refractivity contribution is 7.89. The summed E-state index contributed by atoms with van der Waals surface area (Å²) >= 11 is 0. The van der Waals surface area contributed by atoms with Gasteiger partial charge in [-0.3, -0.25) is 4.79 Å². The normalized spacial score (nSPS) is 15.8. The van der Waals surface area contributed by atoms with Gasteiger partial charge in [-0.05, 0) is 37.3 Å². The first-order valence-corrected chi connectivity index (χ1v) is 10.4. The number of piperazine rings is 1. The van der Waals surface area contributed by atoms with Crippen molar-refractivity contribution in [2.75, 3.05) is 26.2 Å². The SMILES string of the molecule is Cc1cccc2nc(C(=O)N3CCN(S(=O)(=O)c4ccc(F)c(F)c4)CC3)cn12. The summed E-state index contributed by atoms with van der Waals surface area (Å²) in [6.45, 7) is 2.37. The average Bonchev–Trinajstić information content (AvgIpc) is 3.15. The number of aromatic nitrogens is 2. The van der Waals surface area contributed by atoms with E-state index < -0.39 is 21.7 Å². The second-order valence-electron chi connectivity index (χ2n) is 6.79. The number of amides is 1. The van der Waals surface area contributed by atoms with Crippen LogP contribution in [0.25, 0.3) is 5.65 Å². The van der Waals surface area contributed by atoms with Crippen LogP contribution in [0.5, 0.6) is 0 Å². The number of fused-ring (bicyclic) bond motifs is 1. The van der Waals surface area contributed by atoms with E-state index in [1.165, 1.54) is 4.90 Å². The van der Waals surface area contributed by atoms with Crippen LogP contribution >= 0.6 is 0 Å². The van der Waals surface area contributed by atoms with E-state index in [1.54, 1.807) is 12.3 Å². The lowest BCUT2D eigenvalue weighted by molar-refractivity contribution is 0.0692. The third-order valence-corrected chi connectivity index (χ3v) is 6.86. The molecule has 0 saturated carbocycles. The van der Waals surface area contributed by atoms with Crippen molar-refractivity contribution in [2.45, 2.75) is 11.8 Å². The van der Waals surface area contributed by atoms with E-state index in [2.05, 4.69) is 4.98 Å². The van der Waals surface area contributed by atoms with Crippen LogP contribution in [0.4, 0.5) is 8.78 Å². The quantitative estimate of drug-likeness (QED) is 0.650. The molecule has 1 aliphatic rings. The minimum absolute atomic E-state index is 0.0550. The number of aryl methyl sites for hydroxylation is 1. The van der Waals surface area contributed by atoms with Crippen LogP contribution in [-0.4, -0.2) is 59.1 Å². The number of imidazole rings is 1. The maximum atomic E-state index is 13.4. The third kappa shape index (κ3) is 3.49. The molecule has 3 heterocycles. The maximum Gasteiger partial charge on any atom is 0.274 e. The van der Waals surface area contributed by atoms with Gasteiger partial charge in [-0.2, -0.15) is 4.31 Å². The molecular formula is C19H18F2N4O3S. The number of sulfonamides is 1. The summed E-state index contributed by atoms with van der Waals surface area (Å²) in [4.78, 5) is 18.3. The Morgan fingerprint density at radius 2 is 1.76 bits per heavy atom. The van der Waals surface area contributed by atoms with E-state index in [9.17, 15) is 22.0 Å². The van der Waals surface area contributed by atoms with Crippen LogP contribution in [0.2, 0.25) is 0 Å². The molecule has 0 unspecified atom stereocenters. The Morgan fingerprint density at radius 3 is 2.41 bits per heavy atom. The number of benzene rings is 1. The molecule has 7 nitrogen and oxygen atoms in total. The summed E-state index contributed by atoms with van der Waals surface area (Å²) in [5, 5.41) is 0. The van der Waals surface area contributed by atoms with Crippen LogP contribution in [0.1, 0.15) is 16.2 Å². The molecule has 10 heteroatoms. The average molecular weight is 420 g/mol. The predicted molar refractivity (Wildman–Crippen MR) is 101 cm³/mol. The van der Waals surface area contributed by atoms with E-state index >= 15 is 0 Å². The van der Waals surface area contributed by atoms with Gasteiger partial charge in [0, 0.05) is 38.1 Å². The Morgan fingerprint density at radius 1 is 1.03 bits per heavy atom. The molecular weight excluding hydrogens is 402 g/mol. The first kappa shape index (κ1) is 19.5. The monoisotopic (exact) mass is 420 g/mol. The van der Waals surface area contributed by atoms with Crippen molar-refractivity contribution < 1.29 is 22.0 Å². The van der Waals surface area contributed by atoms with Gasteiger partial charge in [0.1, 0.15) is 11.3 Å². The Bertz CT molecular complexity index is 1200. The van der Waals surface area contributed by atoms with Crippen LogP contribution < -0.4 is 0 Å². The highest BCUT2D eigenvalue weighted by Gasteiger charge is 2.31. The molecule has 0 spiro atoms. The number of pyridine rings is 1. The predicted octanol–water partition coefficient (Wildman–Crippen LogP) is 2.07. The third-order valence-electron chi connectivity index (χ3n) is 4.97.